The molecule has 1 aromatic heterocycles. The Labute approximate surface area is 109 Å². The van der Waals surface area contributed by atoms with Crippen LogP contribution in [0.5, 0.6) is 0 Å². The number of aromatic carboxylic acids is 1. The van der Waals surface area contributed by atoms with Crippen LogP contribution < -0.4 is 5.32 Å². The molecule has 2 rings (SSSR count). The molecule has 1 heterocycles. The zero-order chi connectivity index (χ0) is 13.0. The van der Waals surface area contributed by atoms with Crippen LogP contribution in [0.25, 0.3) is 0 Å². The van der Waals surface area contributed by atoms with Gasteiger partial charge in [-0.05, 0) is 35.2 Å². The molecule has 90 valence electrons. The Kier molecular flexibility index (Phi) is 3.66. The van der Waals surface area contributed by atoms with E-state index in [1.165, 1.54) is 11.3 Å². The van der Waals surface area contributed by atoms with Gasteiger partial charge in [0, 0.05) is 17.8 Å². The normalized spacial score (nSPS) is 9.72. The molecule has 0 amide bonds. The van der Waals surface area contributed by atoms with Crippen LogP contribution in [0.3, 0.4) is 0 Å². The van der Waals surface area contributed by atoms with Gasteiger partial charge in [-0.2, -0.15) is 0 Å². The summed E-state index contributed by atoms with van der Waals surface area (Å²) in [5.41, 5.74) is 2.45. The fraction of sp³-hybridized carbons (Fsp3) is 0.0714. The van der Waals surface area contributed by atoms with Gasteiger partial charge in [0.05, 0.1) is 0 Å². The average Bonchev–Trinajstić information content (AvgIpc) is 2.85. The predicted molar refractivity (Wildman–Crippen MR) is 73.0 cm³/mol. The third-order valence-corrected chi connectivity index (χ3v) is 3.40. The number of carbonyl (C=O) groups is 1. The Morgan fingerprint density at radius 2 is 2.28 bits per heavy atom. The maximum atomic E-state index is 11.0. The molecule has 0 aliphatic rings. The summed E-state index contributed by atoms with van der Waals surface area (Å²) < 4.78 is 0. The summed E-state index contributed by atoms with van der Waals surface area (Å²) in [6, 6.07) is 9.27. The standard InChI is InChI=1S/C14H11NO2S/c1-2-10-4-3-5-12(8-10)15-9-11-6-7-18-13(11)14(16)17/h1,3-8,15H,9H2,(H,16,17). The second kappa shape index (κ2) is 5.39. The van der Waals surface area contributed by atoms with Crippen LogP contribution >= 0.6 is 11.3 Å². The Bertz CT molecular complexity index is 610. The van der Waals surface area contributed by atoms with Crippen LogP contribution in [0.1, 0.15) is 20.8 Å². The molecule has 0 saturated heterocycles. The molecule has 0 radical (unpaired) electrons. The lowest BCUT2D eigenvalue weighted by molar-refractivity contribution is 0.0701. The van der Waals surface area contributed by atoms with Crippen molar-refractivity contribution in [2.45, 2.75) is 6.54 Å². The fourth-order valence-electron chi connectivity index (χ4n) is 1.58. The lowest BCUT2D eigenvalue weighted by Crippen LogP contribution is -2.04. The lowest BCUT2D eigenvalue weighted by atomic mass is 10.2. The number of terminal acetylenes is 1. The minimum absolute atomic E-state index is 0.371. The fourth-order valence-corrected chi connectivity index (χ4v) is 2.34. The molecule has 0 bridgehead atoms. The highest BCUT2D eigenvalue weighted by molar-refractivity contribution is 7.12. The number of hydrogen-bond donors (Lipinski definition) is 2. The molecule has 18 heavy (non-hydrogen) atoms. The molecule has 0 atom stereocenters. The van der Waals surface area contributed by atoms with E-state index in [-0.39, 0.29) is 0 Å². The Hall–Kier alpha value is -2.25. The molecule has 0 saturated carbocycles. The third kappa shape index (κ3) is 2.70. The Morgan fingerprint density at radius 1 is 1.44 bits per heavy atom. The molecule has 2 aromatic rings. The first-order valence-electron chi connectivity index (χ1n) is 5.31. The molecule has 0 fully saturated rings. The SMILES string of the molecule is C#Cc1cccc(NCc2ccsc2C(=O)O)c1. The quantitative estimate of drug-likeness (QED) is 0.828. The van der Waals surface area contributed by atoms with Gasteiger partial charge < -0.3 is 10.4 Å². The van der Waals surface area contributed by atoms with Gasteiger partial charge in [0.2, 0.25) is 0 Å². The smallest absolute Gasteiger partial charge is 0.346 e. The molecule has 4 heteroatoms. The monoisotopic (exact) mass is 257 g/mol. The number of anilines is 1. The van der Waals surface area contributed by atoms with Crippen LogP contribution in [0.4, 0.5) is 5.69 Å². The zero-order valence-electron chi connectivity index (χ0n) is 9.51. The van der Waals surface area contributed by atoms with Gasteiger partial charge in [-0.15, -0.1) is 17.8 Å². The molecule has 0 spiro atoms. The predicted octanol–water partition coefficient (Wildman–Crippen LogP) is 3.04. The van der Waals surface area contributed by atoms with Crippen molar-refractivity contribution in [2.75, 3.05) is 5.32 Å². The van der Waals surface area contributed by atoms with E-state index in [2.05, 4.69) is 11.2 Å². The van der Waals surface area contributed by atoms with Crippen molar-refractivity contribution in [3.05, 3.63) is 51.7 Å². The molecule has 2 N–H and O–H groups in total. The van der Waals surface area contributed by atoms with Crippen LogP contribution in [-0.4, -0.2) is 11.1 Å². The number of carboxylic acid groups (broad SMARTS) is 1. The van der Waals surface area contributed by atoms with Crippen molar-refractivity contribution in [3.8, 4) is 12.3 Å². The summed E-state index contributed by atoms with van der Waals surface area (Å²) in [5.74, 6) is 1.67. The highest BCUT2D eigenvalue weighted by Crippen LogP contribution is 2.18. The molecule has 0 unspecified atom stereocenters. The topological polar surface area (TPSA) is 49.3 Å². The molecule has 0 aliphatic heterocycles. The van der Waals surface area contributed by atoms with Gasteiger partial charge in [-0.3, -0.25) is 0 Å². The highest BCUT2D eigenvalue weighted by atomic mass is 32.1. The maximum absolute atomic E-state index is 11.0. The van der Waals surface area contributed by atoms with Crippen molar-refractivity contribution < 1.29 is 9.90 Å². The van der Waals surface area contributed by atoms with Crippen molar-refractivity contribution in [1.29, 1.82) is 0 Å². The maximum Gasteiger partial charge on any atom is 0.346 e. The molecular weight excluding hydrogens is 246 g/mol. The first-order chi connectivity index (χ1) is 8.70. The van der Waals surface area contributed by atoms with Gasteiger partial charge >= 0.3 is 5.97 Å². The molecule has 1 aromatic carbocycles. The van der Waals surface area contributed by atoms with Gasteiger partial charge in [0.15, 0.2) is 0 Å². The summed E-state index contributed by atoms with van der Waals surface area (Å²) >= 11 is 1.23. The summed E-state index contributed by atoms with van der Waals surface area (Å²) in [4.78, 5) is 11.3. The van der Waals surface area contributed by atoms with E-state index in [0.717, 1.165) is 16.8 Å². The second-order valence-electron chi connectivity index (χ2n) is 3.66. The second-order valence-corrected chi connectivity index (χ2v) is 4.57. The summed E-state index contributed by atoms with van der Waals surface area (Å²) in [7, 11) is 0. The van der Waals surface area contributed by atoms with Crippen molar-refractivity contribution >= 4 is 23.0 Å². The first-order valence-corrected chi connectivity index (χ1v) is 6.19. The van der Waals surface area contributed by atoms with Gasteiger partial charge in [0.25, 0.3) is 0 Å². The molecule has 0 aliphatic carbocycles. The number of nitrogens with one attached hydrogen (secondary N) is 1. The highest BCUT2D eigenvalue weighted by Gasteiger charge is 2.10. The van der Waals surface area contributed by atoms with E-state index in [0.29, 0.717) is 11.4 Å². The van der Waals surface area contributed by atoms with E-state index in [9.17, 15) is 4.79 Å². The summed E-state index contributed by atoms with van der Waals surface area (Å²) in [6.07, 6.45) is 5.32. The van der Waals surface area contributed by atoms with E-state index in [4.69, 9.17) is 11.5 Å². The van der Waals surface area contributed by atoms with Gasteiger partial charge in [-0.1, -0.05) is 12.0 Å². The minimum Gasteiger partial charge on any atom is -0.477 e. The van der Waals surface area contributed by atoms with Crippen LogP contribution in [-0.2, 0) is 6.54 Å². The van der Waals surface area contributed by atoms with Crippen LogP contribution in [0, 0.1) is 12.3 Å². The summed E-state index contributed by atoms with van der Waals surface area (Å²) in [6.45, 7) is 0.471. The zero-order valence-corrected chi connectivity index (χ0v) is 10.3. The number of rotatable bonds is 4. The Morgan fingerprint density at radius 3 is 3.00 bits per heavy atom. The molecule has 3 nitrogen and oxygen atoms in total. The van der Waals surface area contributed by atoms with E-state index in [1.54, 1.807) is 5.38 Å². The number of carboxylic acids is 1. The van der Waals surface area contributed by atoms with Crippen LogP contribution in [0.2, 0.25) is 0 Å². The summed E-state index contributed by atoms with van der Waals surface area (Å²) in [5, 5.41) is 13.9. The van der Waals surface area contributed by atoms with Crippen molar-refractivity contribution in [3.63, 3.8) is 0 Å². The minimum atomic E-state index is -0.890. The van der Waals surface area contributed by atoms with Gasteiger partial charge in [-0.25, -0.2) is 4.79 Å². The first kappa shape index (κ1) is 12.2. The lowest BCUT2D eigenvalue weighted by Gasteiger charge is -2.06. The van der Waals surface area contributed by atoms with Crippen molar-refractivity contribution in [1.82, 2.24) is 0 Å². The Balaban J connectivity index is 2.09. The van der Waals surface area contributed by atoms with E-state index < -0.39 is 5.97 Å². The number of benzene rings is 1. The number of thiophene rings is 1. The number of hydrogen-bond acceptors (Lipinski definition) is 3. The van der Waals surface area contributed by atoms with Crippen molar-refractivity contribution in [2.24, 2.45) is 0 Å². The molecular formula is C14H11NO2S. The average molecular weight is 257 g/mol. The third-order valence-electron chi connectivity index (χ3n) is 2.45. The van der Waals surface area contributed by atoms with E-state index >= 15 is 0 Å². The van der Waals surface area contributed by atoms with Crippen LogP contribution in [0.15, 0.2) is 35.7 Å². The van der Waals surface area contributed by atoms with E-state index in [1.807, 2.05) is 30.3 Å². The largest absolute Gasteiger partial charge is 0.477 e. The van der Waals surface area contributed by atoms with Gasteiger partial charge in [0.1, 0.15) is 4.88 Å².